The van der Waals surface area contributed by atoms with Gasteiger partial charge in [-0.15, -0.1) is 0 Å². The smallest absolute Gasteiger partial charge is 0.279 e. The third kappa shape index (κ3) is 5.47. The van der Waals surface area contributed by atoms with Crippen molar-refractivity contribution in [2.75, 3.05) is 26.1 Å². The molecule has 5 nitrogen and oxygen atoms in total. The normalized spacial score (nSPS) is 11.7. The molecule has 0 heterocycles. The van der Waals surface area contributed by atoms with Crippen molar-refractivity contribution in [3.05, 3.63) is 52.5 Å². The van der Waals surface area contributed by atoms with E-state index in [1.807, 2.05) is 12.1 Å². The fourth-order valence-corrected chi connectivity index (χ4v) is 2.87. The summed E-state index contributed by atoms with van der Waals surface area (Å²) in [6.07, 6.45) is 0.945. The molecule has 0 aliphatic heterocycles. The number of nitrogens with one attached hydrogen (secondary N) is 1. The third-order valence-electron chi connectivity index (χ3n) is 4.01. The van der Waals surface area contributed by atoms with Crippen molar-refractivity contribution in [1.82, 2.24) is 0 Å². The molecule has 0 fully saturated rings. The summed E-state index contributed by atoms with van der Waals surface area (Å²) in [5, 5.41) is 4.94. The zero-order valence-corrected chi connectivity index (χ0v) is 16.3. The van der Waals surface area contributed by atoms with Gasteiger partial charge >= 0.3 is 0 Å². The van der Waals surface area contributed by atoms with Crippen molar-refractivity contribution in [1.29, 1.82) is 0 Å². The SMILES string of the molecule is CC[C@H]([NH2+]CC(=O)Nc1ccc(OC)cc1OC)c1ccc(Br)cc1. The molecule has 0 spiro atoms. The topological polar surface area (TPSA) is 64.2 Å². The van der Waals surface area contributed by atoms with E-state index in [-0.39, 0.29) is 11.9 Å². The van der Waals surface area contributed by atoms with Crippen LogP contribution >= 0.6 is 15.9 Å². The fraction of sp³-hybridized carbons (Fsp3) is 0.316. The van der Waals surface area contributed by atoms with E-state index in [1.54, 1.807) is 32.4 Å². The molecule has 0 radical (unpaired) electrons. The highest BCUT2D eigenvalue weighted by Crippen LogP contribution is 2.28. The Morgan fingerprint density at radius 2 is 1.88 bits per heavy atom. The molecule has 1 amide bonds. The summed E-state index contributed by atoms with van der Waals surface area (Å²) in [6, 6.07) is 13.8. The minimum atomic E-state index is -0.0703. The number of hydrogen-bond donors (Lipinski definition) is 2. The van der Waals surface area contributed by atoms with Crippen LogP contribution in [0.4, 0.5) is 5.69 Å². The lowest BCUT2D eigenvalue weighted by Crippen LogP contribution is -2.87. The van der Waals surface area contributed by atoms with E-state index in [1.165, 1.54) is 5.56 Å². The van der Waals surface area contributed by atoms with Gasteiger partial charge in [0.05, 0.1) is 19.9 Å². The number of anilines is 1. The first-order valence-electron chi connectivity index (χ1n) is 8.18. The van der Waals surface area contributed by atoms with E-state index in [0.717, 1.165) is 10.9 Å². The molecule has 0 unspecified atom stereocenters. The first-order valence-corrected chi connectivity index (χ1v) is 8.97. The first-order chi connectivity index (χ1) is 12.1. The van der Waals surface area contributed by atoms with Crippen molar-refractivity contribution in [3.63, 3.8) is 0 Å². The van der Waals surface area contributed by atoms with Crippen LogP contribution < -0.4 is 20.1 Å². The van der Waals surface area contributed by atoms with Crippen LogP contribution in [0.25, 0.3) is 0 Å². The van der Waals surface area contributed by atoms with Gasteiger partial charge in [0.15, 0.2) is 6.54 Å². The number of quaternary nitrogens is 1. The van der Waals surface area contributed by atoms with Crippen LogP contribution in [0.3, 0.4) is 0 Å². The second-order valence-electron chi connectivity index (χ2n) is 5.62. The average Bonchev–Trinajstić information content (AvgIpc) is 2.63. The van der Waals surface area contributed by atoms with Crippen LogP contribution in [0.2, 0.25) is 0 Å². The fourth-order valence-electron chi connectivity index (χ4n) is 2.60. The molecular formula is C19H24BrN2O3+. The Hall–Kier alpha value is -2.05. The van der Waals surface area contributed by atoms with E-state index in [4.69, 9.17) is 9.47 Å². The Balaban J connectivity index is 1.96. The van der Waals surface area contributed by atoms with Gasteiger partial charge in [-0.1, -0.05) is 35.0 Å². The predicted molar refractivity (Wildman–Crippen MR) is 102 cm³/mol. The summed E-state index contributed by atoms with van der Waals surface area (Å²) in [5.74, 6) is 1.19. The van der Waals surface area contributed by atoms with Gasteiger partial charge in [0.2, 0.25) is 0 Å². The maximum Gasteiger partial charge on any atom is 0.279 e. The summed E-state index contributed by atoms with van der Waals surface area (Å²) in [7, 11) is 3.16. The number of carbonyl (C=O) groups excluding carboxylic acids is 1. The summed E-state index contributed by atoms with van der Waals surface area (Å²) in [6.45, 7) is 2.46. The molecule has 134 valence electrons. The monoisotopic (exact) mass is 407 g/mol. The van der Waals surface area contributed by atoms with Crippen LogP contribution in [-0.2, 0) is 4.79 Å². The number of amides is 1. The van der Waals surface area contributed by atoms with Crippen molar-refractivity contribution in [2.45, 2.75) is 19.4 Å². The average molecular weight is 408 g/mol. The first kappa shape index (κ1) is 19.3. The Kier molecular flexibility index (Phi) is 7.28. The van der Waals surface area contributed by atoms with Crippen LogP contribution in [0.5, 0.6) is 11.5 Å². The zero-order chi connectivity index (χ0) is 18.2. The molecule has 0 saturated carbocycles. The van der Waals surface area contributed by atoms with E-state index in [0.29, 0.717) is 23.7 Å². The second kappa shape index (κ2) is 9.44. The number of benzene rings is 2. The summed E-state index contributed by atoms with van der Waals surface area (Å²) in [5.41, 5.74) is 1.85. The van der Waals surface area contributed by atoms with Gasteiger partial charge in [0, 0.05) is 22.5 Å². The van der Waals surface area contributed by atoms with Gasteiger partial charge in [-0.2, -0.15) is 0 Å². The maximum absolute atomic E-state index is 12.3. The standard InChI is InChI=1S/C19H23BrN2O3/c1-4-16(13-5-7-14(20)8-6-13)21-12-19(23)22-17-10-9-15(24-2)11-18(17)25-3/h5-11,16,21H,4,12H2,1-3H3,(H,22,23)/p+1/t16-/m0/s1. The minimum Gasteiger partial charge on any atom is -0.497 e. The van der Waals surface area contributed by atoms with Gasteiger partial charge in [-0.25, -0.2) is 0 Å². The van der Waals surface area contributed by atoms with Crippen molar-refractivity contribution < 1.29 is 19.6 Å². The molecule has 0 aromatic heterocycles. The maximum atomic E-state index is 12.3. The van der Waals surface area contributed by atoms with Crippen molar-refractivity contribution >= 4 is 27.5 Å². The number of halogens is 1. The lowest BCUT2D eigenvalue weighted by Gasteiger charge is -2.15. The molecule has 0 saturated heterocycles. The number of nitrogens with two attached hydrogens (primary N) is 1. The lowest BCUT2D eigenvalue weighted by atomic mass is 10.0. The van der Waals surface area contributed by atoms with Gasteiger partial charge < -0.3 is 20.1 Å². The number of rotatable bonds is 8. The number of ether oxygens (including phenoxy) is 2. The van der Waals surface area contributed by atoms with Crippen LogP contribution in [0.15, 0.2) is 46.9 Å². The molecule has 3 N–H and O–H groups in total. The molecule has 2 aromatic rings. The van der Waals surface area contributed by atoms with Gasteiger partial charge in [-0.05, 0) is 24.3 Å². The molecule has 0 aliphatic rings. The highest BCUT2D eigenvalue weighted by molar-refractivity contribution is 9.10. The summed E-state index contributed by atoms with van der Waals surface area (Å²) >= 11 is 3.44. The van der Waals surface area contributed by atoms with Crippen LogP contribution in [-0.4, -0.2) is 26.7 Å². The van der Waals surface area contributed by atoms with E-state index >= 15 is 0 Å². The number of hydrogen-bond acceptors (Lipinski definition) is 3. The quantitative estimate of drug-likeness (QED) is 0.706. The Morgan fingerprint density at radius 1 is 1.16 bits per heavy atom. The molecule has 1 atom stereocenters. The molecule has 2 rings (SSSR count). The number of carbonyl (C=O) groups is 1. The van der Waals surface area contributed by atoms with Gasteiger partial charge in [-0.3, -0.25) is 4.79 Å². The third-order valence-corrected chi connectivity index (χ3v) is 4.54. The summed E-state index contributed by atoms with van der Waals surface area (Å²) in [4.78, 5) is 12.3. The van der Waals surface area contributed by atoms with Crippen LogP contribution in [0.1, 0.15) is 24.9 Å². The van der Waals surface area contributed by atoms with Crippen molar-refractivity contribution in [2.24, 2.45) is 0 Å². The zero-order valence-electron chi connectivity index (χ0n) is 14.7. The lowest BCUT2D eigenvalue weighted by molar-refractivity contribution is -0.686. The van der Waals surface area contributed by atoms with Crippen molar-refractivity contribution in [3.8, 4) is 11.5 Å². The molecule has 0 bridgehead atoms. The molecule has 25 heavy (non-hydrogen) atoms. The van der Waals surface area contributed by atoms with E-state index in [9.17, 15) is 4.79 Å². The van der Waals surface area contributed by atoms with E-state index < -0.39 is 0 Å². The molecule has 2 aromatic carbocycles. The largest absolute Gasteiger partial charge is 0.497 e. The second-order valence-corrected chi connectivity index (χ2v) is 6.54. The van der Waals surface area contributed by atoms with Gasteiger partial charge in [0.1, 0.15) is 17.5 Å². The summed E-state index contributed by atoms with van der Waals surface area (Å²) < 4.78 is 11.5. The Bertz CT molecular complexity index is 704. The highest BCUT2D eigenvalue weighted by Gasteiger charge is 2.16. The molecule has 6 heteroatoms. The predicted octanol–water partition coefficient (Wildman–Crippen LogP) is 3.12. The Morgan fingerprint density at radius 3 is 2.48 bits per heavy atom. The minimum absolute atomic E-state index is 0.0703. The molecular weight excluding hydrogens is 384 g/mol. The van der Waals surface area contributed by atoms with E-state index in [2.05, 4.69) is 45.6 Å². The molecule has 0 aliphatic carbocycles. The van der Waals surface area contributed by atoms with Gasteiger partial charge in [0.25, 0.3) is 5.91 Å². The van der Waals surface area contributed by atoms with Crippen LogP contribution in [0, 0.1) is 0 Å². The highest BCUT2D eigenvalue weighted by atomic mass is 79.9. The Labute approximate surface area is 156 Å². The number of methoxy groups -OCH3 is 2.